The van der Waals surface area contributed by atoms with Gasteiger partial charge in [-0.3, -0.25) is 0 Å². The van der Waals surface area contributed by atoms with Gasteiger partial charge in [0.2, 0.25) is 0 Å². The molecule has 3 N–H and O–H groups in total. The van der Waals surface area contributed by atoms with Gasteiger partial charge in [0.1, 0.15) is 0 Å². The first-order valence-corrected chi connectivity index (χ1v) is 14.0. The highest BCUT2D eigenvalue weighted by Gasteiger charge is 2.14. The van der Waals surface area contributed by atoms with Crippen molar-refractivity contribution in [2.75, 3.05) is 0 Å². The van der Waals surface area contributed by atoms with Crippen LogP contribution in [0, 0.1) is 0 Å². The van der Waals surface area contributed by atoms with E-state index >= 15 is 0 Å². The Bertz CT molecular complexity index is 695. The number of aliphatic hydroxyl groups is 3. The molecule has 216 valence electrons. The average molecular weight is 519 g/mol. The lowest BCUT2D eigenvalue weighted by Crippen LogP contribution is -2.19. The number of hydrogen-bond donors (Lipinski definition) is 3. The van der Waals surface area contributed by atoms with E-state index in [9.17, 15) is 15.3 Å². The minimum Gasteiger partial charge on any atom is -0.386 e. The van der Waals surface area contributed by atoms with Gasteiger partial charge in [-0.25, -0.2) is 0 Å². The molecule has 0 spiro atoms. The van der Waals surface area contributed by atoms with Crippen molar-refractivity contribution in [2.45, 2.75) is 143 Å². The second-order valence-corrected chi connectivity index (χ2v) is 11.4. The minimum atomic E-state index is -0.726. The van der Waals surface area contributed by atoms with E-state index < -0.39 is 16.8 Å². The van der Waals surface area contributed by atoms with Gasteiger partial charge in [0.05, 0.1) is 16.8 Å². The molecule has 0 amide bonds. The molecule has 0 aromatic heterocycles. The molecule has 0 saturated carbocycles. The van der Waals surface area contributed by atoms with Gasteiger partial charge in [-0.05, 0) is 100 Å². The molecular formula is C34H62O3. The fraction of sp³-hybridized carbons (Fsp3) is 0.647. The van der Waals surface area contributed by atoms with Gasteiger partial charge < -0.3 is 15.3 Å². The highest BCUT2D eigenvalue weighted by atomic mass is 16.3. The van der Waals surface area contributed by atoms with Crippen LogP contribution in [0.4, 0.5) is 0 Å². The van der Waals surface area contributed by atoms with Gasteiger partial charge >= 0.3 is 0 Å². The van der Waals surface area contributed by atoms with Crippen LogP contribution < -0.4 is 0 Å². The van der Waals surface area contributed by atoms with Crippen LogP contribution in [0.25, 0.3) is 0 Å². The molecule has 0 aliphatic carbocycles. The SMILES string of the molecule is C=CC(C)(O)CC/C=C(\C)CCC=C(C)C.C=CC(C)(O)CCC=C(C)C.C=CC(C)(O)CCCCC. The van der Waals surface area contributed by atoms with E-state index in [-0.39, 0.29) is 0 Å². The lowest BCUT2D eigenvalue weighted by Gasteiger charge is -2.17. The van der Waals surface area contributed by atoms with Gasteiger partial charge in [-0.2, -0.15) is 0 Å². The number of unbranched alkanes of at least 4 members (excludes halogenated alkanes) is 2. The Morgan fingerprint density at radius 1 is 0.595 bits per heavy atom. The lowest BCUT2D eigenvalue weighted by atomic mass is 9.99. The first-order valence-electron chi connectivity index (χ1n) is 14.0. The summed E-state index contributed by atoms with van der Waals surface area (Å²) in [4.78, 5) is 0. The van der Waals surface area contributed by atoms with Crippen molar-refractivity contribution in [3.05, 3.63) is 72.9 Å². The van der Waals surface area contributed by atoms with E-state index in [4.69, 9.17) is 0 Å². The van der Waals surface area contributed by atoms with Crippen LogP contribution in [-0.4, -0.2) is 32.1 Å². The van der Waals surface area contributed by atoms with Gasteiger partial charge in [0.15, 0.2) is 0 Å². The minimum absolute atomic E-state index is 0.644. The lowest BCUT2D eigenvalue weighted by molar-refractivity contribution is 0.0989. The molecule has 0 radical (unpaired) electrons. The fourth-order valence-corrected chi connectivity index (χ4v) is 2.99. The third-order valence-electron chi connectivity index (χ3n) is 6.04. The van der Waals surface area contributed by atoms with Crippen LogP contribution in [0.5, 0.6) is 0 Å². The monoisotopic (exact) mass is 518 g/mol. The van der Waals surface area contributed by atoms with Crippen LogP contribution in [0.2, 0.25) is 0 Å². The zero-order chi connectivity index (χ0) is 29.5. The Morgan fingerprint density at radius 3 is 1.35 bits per heavy atom. The molecule has 3 atom stereocenters. The molecule has 0 fully saturated rings. The maximum atomic E-state index is 9.73. The first kappa shape index (κ1) is 39.8. The Morgan fingerprint density at radius 2 is 0.973 bits per heavy atom. The molecule has 0 bridgehead atoms. The predicted octanol–water partition coefficient (Wildman–Crippen LogP) is 9.57. The van der Waals surface area contributed by atoms with Crippen molar-refractivity contribution >= 4 is 0 Å². The zero-order valence-corrected chi connectivity index (χ0v) is 26.0. The van der Waals surface area contributed by atoms with Crippen LogP contribution in [0.15, 0.2) is 72.9 Å². The van der Waals surface area contributed by atoms with Crippen LogP contribution in [0.3, 0.4) is 0 Å². The summed E-state index contributed by atoms with van der Waals surface area (Å²) in [5, 5.41) is 28.6. The molecule has 0 aromatic carbocycles. The molecule has 3 unspecified atom stereocenters. The molecule has 37 heavy (non-hydrogen) atoms. The number of rotatable bonds is 16. The maximum absolute atomic E-state index is 9.73. The molecule has 0 aliphatic rings. The van der Waals surface area contributed by atoms with Crippen molar-refractivity contribution in [3.8, 4) is 0 Å². The van der Waals surface area contributed by atoms with E-state index in [1.807, 2.05) is 0 Å². The van der Waals surface area contributed by atoms with Crippen molar-refractivity contribution < 1.29 is 15.3 Å². The normalized spacial score (nSPS) is 15.6. The quantitative estimate of drug-likeness (QED) is 0.141. The standard InChI is InChI=1S/C15H26O.C10H18O.C9H18O/c1-6-15(5,16)12-8-11-14(4)10-7-9-13(2)3;1-5-10(4,11)8-6-7-9(2)3;1-4-6-7-8-9(3,10)5-2/h6,9,11,16H,1,7-8,10,12H2,2-5H3;5,7,11H,1,6,8H2,2-4H3;5,10H,2,4,6-8H2,1,3H3/b14-11+;;. The van der Waals surface area contributed by atoms with Crippen molar-refractivity contribution in [3.63, 3.8) is 0 Å². The highest BCUT2D eigenvalue weighted by Crippen LogP contribution is 2.16. The number of allylic oxidation sites excluding steroid dienone is 6. The van der Waals surface area contributed by atoms with Gasteiger partial charge in [-0.15, -0.1) is 19.7 Å². The average Bonchev–Trinajstić information content (AvgIpc) is 2.79. The first-order chi connectivity index (χ1) is 17.0. The summed E-state index contributed by atoms with van der Waals surface area (Å²) in [7, 11) is 0. The van der Waals surface area contributed by atoms with Crippen LogP contribution >= 0.6 is 0 Å². The summed E-state index contributed by atoms with van der Waals surface area (Å²) < 4.78 is 0. The fourth-order valence-electron chi connectivity index (χ4n) is 2.99. The van der Waals surface area contributed by atoms with Crippen molar-refractivity contribution in [1.29, 1.82) is 0 Å². The van der Waals surface area contributed by atoms with Crippen molar-refractivity contribution in [2.24, 2.45) is 0 Å². The predicted molar refractivity (Wildman–Crippen MR) is 167 cm³/mol. The topological polar surface area (TPSA) is 60.7 Å². The summed E-state index contributed by atoms with van der Waals surface area (Å²) in [6.07, 6.45) is 21.3. The second kappa shape index (κ2) is 22.3. The molecule has 0 rings (SSSR count). The Hall–Kier alpha value is -1.68. The second-order valence-electron chi connectivity index (χ2n) is 11.4. The summed E-state index contributed by atoms with van der Waals surface area (Å²) in [5.74, 6) is 0. The van der Waals surface area contributed by atoms with Gasteiger partial charge in [-0.1, -0.05) is 79.4 Å². The van der Waals surface area contributed by atoms with E-state index in [0.717, 1.165) is 51.4 Å². The molecule has 3 nitrogen and oxygen atoms in total. The summed E-state index contributed by atoms with van der Waals surface area (Å²) >= 11 is 0. The molecule has 0 heterocycles. The van der Waals surface area contributed by atoms with E-state index in [0.29, 0.717) is 0 Å². The van der Waals surface area contributed by atoms with E-state index in [2.05, 4.69) is 79.5 Å². The molecular weight excluding hydrogens is 456 g/mol. The maximum Gasteiger partial charge on any atom is 0.0800 e. The van der Waals surface area contributed by atoms with Crippen molar-refractivity contribution in [1.82, 2.24) is 0 Å². The zero-order valence-electron chi connectivity index (χ0n) is 26.0. The van der Waals surface area contributed by atoms with Crippen LogP contribution in [-0.2, 0) is 0 Å². The Labute approximate surface area is 231 Å². The molecule has 0 aromatic rings. The molecule has 3 heteroatoms. The third kappa shape index (κ3) is 32.3. The number of hydrogen-bond acceptors (Lipinski definition) is 3. The smallest absolute Gasteiger partial charge is 0.0800 e. The van der Waals surface area contributed by atoms with Crippen LogP contribution in [0.1, 0.15) is 127 Å². The largest absolute Gasteiger partial charge is 0.386 e. The Kier molecular flexibility index (Phi) is 24.0. The third-order valence-corrected chi connectivity index (χ3v) is 6.04. The summed E-state index contributed by atoms with van der Waals surface area (Å²) in [6, 6.07) is 0. The Balaban J connectivity index is -0.000000487. The molecule has 0 aliphatic heterocycles. The summed E-state index contributed by atoms with van der Waals surface area (Å²) in [6.45, 7) is 28.8. The van der Waals surface area contributed by atoms with E-state index in [1.165, 1.54) is 29.6 Å². The summed E-state index contributed by atoms with van der Waals surface area (Å²) in [5.41, 5.74) is 2.00. The van der Waals surface area contributed by atoms with E-state index in [1.54, 1.807) is 39.0 Å². The van der Waals surface area contributed by atoms with Gasteiger partial charge in [0, 0.05) is 0 Å². The van der Waals surface area contributed by atoms with Gasteiger partial charge in [0.25, 0.3) is 0 Å². The highest BCUT2D eigenvalue weighted by molar-refractivity contribution is 5.03. The molecule has 0 saturated heterocycles.